The summed E-state index contributed by atoms with van der Waals surface area (Å²) in [5.41, 5.74) is 1.01. The van der Waals surface area contributed by atoms with Crippen LogP contribution in [0.3, 0.4) is 0 Å². The lowest BCUT2D eigenvalue weighted by molar-refractivity contribution is 0.0695. The molecule has 0 aliphatic rings. The number of aryl methyl sites for hydroxylation is 1. The van der Waals surface area contributed by atoms with Gasteiger partial charge in [0.2, 0.25) is 0 Å². The van der Waals surface area contributed by atoms with Crippen molar-refractivity contribution in [3.8, 4) is 5.75 Å². The molecule has 0 unspecified atom stereocenters. The van der Waals surface area contributed by atoms with E-state index >= 15 is 0 Å². The zero-order chi connectivity index (χ0) is 14.3. The minimum Gasteiger partial charge on any atom is -0.491 e. The van der Waals surface area contributed by atoms with Gasteiger partial charge in [-0.3, -0.25) is 0 Å². The molecule has 1 aromatic carbocycles. The predicted octanol–water partition coefficient (Wildman–Crippen LogP) is 3.13. The Morgan fingerprint density at radius 1 is 1.26 bits per heavy atom. The number of ether oxygens (including phenoxy) is 2. The van der Waals surface area contributed by atoms with Crippen LogP contribution in [-0.2, 0) is 4.74 Å². The molecule has 4 nitrogen and oxygen atoms in total. The number of aromatic carboxylic acids is 1. The number of rotatable bonds is 8. The Morgan fingerprint density at radius 3 is 2.58 bits per heavy atom. The van der Waals surface area contributed by atoms with Crippen molar-refractivity contribution in [3.63, 3.8) is 0 Å². The van der Waals surface area contributed by atoms with Crippen LogP contribution in [-0.4, -0.2) is 30.9 Å². The van der Waals surface area contributed by atoms with Crippen LogP contribution in [0.4, 0.5) is 0 Å². The lowest BCUT2D eigenvalue weighted by Crippen LogP contribution is -2.09. The molecule has 106 valence electrons. The molecule has 0 spiro atoms. The van der Waals surface area contributed by atoms with Gasteiger partial charge in [0, 0.05) is 6.61 Å². The number of carboxylic acids is 1. The van der Waals surface area contributed by atoms with E-state index in [0.717, 1.165) is 13.0 Å². The highest BCUT2D eigenvalue weighted by Gasteiger charge is 2.07. The van der Waals surface area contributed by atoms with E-state index in [1.165, 1.54) is 0 Å². The average molecular weight is 266 g/mol. The number of carbonyl (C=O) groups is 1. The van der Waals surface area contributed by atoms with Crippen LogP contribution in [0.15, 0.2) is 18.2 Å². The van der Waals surface area contributed by atoms with Crippen molar-refractivity contribution in [2.75, 3.05) is 19.8 Å². The Hall–Kier alpha value is -1.55. The Kier molecular flexibility index (Phi) is 6.36. The maximum atomic E-state index is 10.9. The summed E-state index contributed by atoms with van der Waals surface area (Å²) >= 11 is 0. The van der Waals surface area contributed by atoms with Gasteiger partial charge in [0.1, 0.15) is 12.4 Å². The van der Waals surface area contributed by atoms with Crippen molar-refractivity contribution >= 4 is 5.97 Å². The third-order valence-corrected chi connectivity index (χ3v) is 2.76. The molecule has 0 saturated carbocycles. The molecule has 0 aliphatic carbocycles. The molecule has 1 aromatic rings. The van der Waals surface area contributed by atoms with E-state index < -0.39 is 5.97 Å². The lowest BCUT2D eigenvalue weighted by Gasteiger charge is -2.09. The number of hydrogen-bond donors (Lipinski definition) is 1. The Bertz CT molecular complexity index is 413. The van der Waals surface area contributed by atoms with E-state index in [9.17, 15) is 4.79 Å². The van der Waals surface area contributed by atoms with Gasteiger partial charge >= 0.3 is 5.97 Å². The van der Waals surface area contributed by atoms with Crippen LogP contribution in [0.2, 0.25) is 0 Å². The van der Waals surface area contributed by atoms with Crippen LogP contribution in [0.25, 0.3) is 0 Å². The Labute approximate surface area is 114 Å². The van der Waals surface area contributed by atoms with Crippen molar-refractivity contribution in [2.24, 2.45) is 5.92 Å². The minimum atomic E-state index is -0.916. The molecule has 0 saturated heterocycles. The summed E-state index contributed by atoms with van der Waals surface area (Å²) in [7, 11) is 0. The third kappa shape index (κ3) is 5.75. The molecular weight excluding hydrogens is 244 g/mol. The molecule has 0 radical (unpaired) electrons. The van der Waals surface area contributed by atoms with E-state index in [1.807, 2.05) is 0 Å². The highest BCUT2D eigenvalue weighted by molar-refractivity contribution is 5.89. The van der Waals surface area contributed by atoms with E-state index in [-0.39, 0.29) is 0 Å². The lowest BCUT2D eigenvalue weighted by atomic mass is 10.1. The fourth-order valence-electron chi connectivity index (χ4n) is 1.61. The molecule has 0 bridgehead atoms. The summed E-state index contributed by atoms with van der Waals surface area (Å²) in [6.07, 6.45) is 1.05. The molecule has 1 rings (SSSR count). The topological polar surface area (TPSA) is 55.8 Å². The standard InChI is InChI=1S/C15H22O4/c1-11(2)6-7-18-8-9-19-13-4-5-14(15(16)17)12(3)10-13/h4-5,10-11H,6-9H2,1-3H3,(H,16,17). The smallest absolute Gasteiger partial charge is 0.335 e. The monoisotopic (exact) mass is 266 g/mol. The molecule has 0 aliphatic heterocycles. The second-order valence-corrected chi connectivity index (χ2v) is 4.93. The molecule has 0 aromatic heterocycles. The summed E-state index contributed by atoms with van der Waals surface area (Å²) < 4.78 is 10.9. The van der Waals surface area contributed by atoms with Crippen molar-refractivity contribution in [1.29, 1.82) is 0 Å². The van der Waals surface area contributed by atoms with Gasteiger partial charge in [0.25, 0.3) is 0 Å². The molecule has 1 N–H and O–H groups in total. The molecule has 0 heterocycles. The quantitative estimate of drug-likeness (QED) is 0.734. The van der Waals surface area contributed by atoms with Gasteiger partial charge in [-0.25, -0.2) is 4.79 Å². The largest absolute Gasteiger partial charge is 0.491 e. The van der Waals surface area contributed by atoms with Gasteiger partial charge < -0.3 is 14.6 Å². The summed E-state index contributed by atoms with van der Waals surface area (Å²) in [4.78, 5) is 10.9. The average Bonchev–Trinajstić information content (AvgIpc) is 2.32. The number of hydrogen-bond acceptors (Lipinski definition) is 3. The molecule has 19 heavy (non-hydrogen) atoms. The Balaban J connectivity index is 2.30. The second-order valence-electron chi connectivity index (χ2n) is 4.93. The molecule has 4 heteroatoms. The fourth-order valence-corrected chi connectivity index (χ4v) is 1.61. The van der Waals surface area contributed by atoms with Crippen molar-refractivity contribution in [2.45, 2.75) is 27.2 Å². The molecule has 0 amide bonds. The molecule has 0 fully saturated rings. The zero-order valence-corrected chi connectivity index (χ0v) is 11.8. The van der Waals surface area contributed by atoms with Gasteiger partial charge in [-0.15, -0.1) is 0 Å². The normalized spacial score (nSPS) is 10.7. The van der Waals surface area contributed by atoms with Crippen LogP contribution in [0.5, 0.6) is 5.75 Å². The van der Waals surface area contributed by atoms with Gasteiger partial charge in [-0.2, -0.15) is 0 Å². The summed E-state index contributed by atoms with van der Waals surface area (Å²) in [5.74, 6) is 0.406. The molecule has 0 atom stereocenters. The first-order chi connectivity index (χ1) is 9.00. The van der Waals surface area contributed by atoms with E-state index in [1.54, 1.807) is 25.1 Å². The van der Waals surface area contributed by atoms with Crippen LogP contribution >= 0.6 is 0 Å². The summed E-state index contributed by atoms with van der Waals surface area (Å²) in [5, 5.41) is 8.91. The summed E-state index contributed by atoms with van der Waals surface area (Å²) in [6.45, 7) is 7.85. The highest BCUT2D eigenvalue weighted by atomic mass is 16.5. The second kappa shape index (κ2) is 7.79. The van der Waals surface area contributed by atoms with E-state index in [0.29, 0.717) is 36.0 Å². The van der Waals surface area contributed by atoms with Gasteiger partial charge in [0.15, 0.2) is 0 Å². The SMILES string of the molecule is Cc1cc(OCCOCCC(C)C)ccc1C(=O)O. The van der Waals surface area contributed by atoms with Crippen molar-refractivity contribution in [3.05, 3.63) is 29.3 Å². The zero-order valence-electron chi connectivity index (χ0n) is 11.8. The van der Waals surface area contributed by atoms with E-state index in [2.05, 4.69) is 13.8 Å². The van der Waals surface area contributed by atoms with Gasteiger partial charge in [-0.1, -0.05) is 13.8 Å². The number of carboxylic acid groups (broad SMARTS) is 1. The maximum absolute atomic E-state index is 10.9. The summed E-state index contributed by atoms with van der Waals surface area (Å²) in [6, 6.07) is 4.97. The minimum absolute atomic E-state index is 0.306. The third-order valence-electron chi connectivity index (χ3n) is 2.76. The van der Waals surface area contributed by atoms with Crippen molar-refractivity contribution in [1.82, 2.24) is 0 Å². The first-order valence-electron chi connectivity index (χ1n) is 6.55. The highest BCUT2D eigenvalue weighted by Crippen LogP contribution is 2.17. The Morgan fingerprint density at radius 2 is 2.00 bits per heavy atom. The van der Waals surface area contributed by atoms with Crippen LogP contribution < -0.4 is 4.74 Å². The maximum Gasteiger partial charge on any atom is 0.335 e. The van der Waals surface area contributed by atoms with Crippen LogP contribution in [0.1, 0.15) is 36.2 Å². The van der Waals surface area contributed by atoms with Gasteiger partial charge in [-0.05, 0) is 43.0 Å². The predicted molar refractivity (Wildman–Crippen MR) is 73.9 cm³/mol. The first-order valence-corrected chi connectivity index (χ1v) is 6.55. The van der Waals surface area contributed by atoms with Crippen molar-refractivity contribution < 1.29 is 19.4 Å². The fraction of sp³-hybridized carbons (Fsp3) is 0.533. The van der Waals surface area contributed by atoms with Crippen LogP contribution in [0, 0.1) is 12.8 Å². The van der Waals surface area contributed by atoms with E-state index in [4.69, 9.17) is 14.6 Å². The van der Waals surface area contributed by atoms with Gasteiger partial charge in [0.05, 0.1) is 12.2 Å². The molecular formula is C15H22O4. The first kappa shape index (κ1) is 15.5. The number of benzene rings is 1.